The van der Waals surface area contributed by atoms with Crippen LogP contribution in [0.4, 0.5) is 4.39 Å². The number of halogens is 1. The normalized spacial score (nSPS) is 12.0. The van der Waals surface area contributed by atoms with E-state index in [0.717, 1.165) is 31.5 Å². The molecule has 0 aliphatic heterocycles. The number of hydrogen-bond acceptors (Lipinski definition) is 3. The second-order valence-corrected chi connectivity index (χ2v) is 7.35. The zero-order valence-corrected chi connectivity index (χ0v) is 13.6. The molecule has 1 N–H and O–H groups in total. The summed E-state index contributed by atoms with van der Waals surface area (Å²) in [5.41, 5.74) is 0.784. The van der Waals surface area contributed by atoms with E-state index in [0.29, 0.717) is 6.42 Å². The summed E-state index contributed by atoms with van der Waals surface area (Å²) in [6, 6.07) is 5.90. The van der Waals surface area contributed by atoms with E-state index in [9.17, 15) is 12.8 Å². The van der Waals surface area contributed by atoms with Gasteiger partial charge in [-0.05, 0) is 50.0 Å². The monoisotopic (exact) mass is 316 g/mol. The third kappa shape index (κ3) is 7.02. The number of benzene rings is 1. The molecule has 0 saturated carbocycles. The van der Waals surface area contributed by atoms with Crippen molar-refractivity contribution in [1.29, 1.82) is 0 Å². The fraction of sp³-hybridized carbons (Fsp3) is 0.600. The Kier molecular flexibility index (Phi) is 7.85. The van der Waals surface area contributed by atoms with E-state index in [2.05, 4.69) is 12.2 Å². The zero-order valence-electron chi connectivity index (χ0n) is 12.8. The van der Waals surface area contributed by atoms with Crippen LogP contribution in [0.2, 0.25) is 0 Å². The predicted octanol–water partition coefficient (Wildman–Crippen LogP) is 2.37. The first-order valence-electron chi connectivity index (χ1n) is 7.35. The highest BCUT2D eigenvalue weighted by atomic mass is 32.2. The highest BCUT2D eigenvalue weighted by Gasteiger charge is 2.17. The van der Waals surface area contributed by atoms with Gasteiger partial charge in [-0.2, -0.15) is 0 Å². The molecule has 0 atom stereocenters. The Morgan fingerprint density at radius 2 is 1.81 bits per heavy atom. The van der Waals surface area contributed by atoms with Gasteiger partial charge in [-0.3, -0.25) is 0 Å². The van der Waals surface area contributed by atoms with Crippen LogP contribution in [0.3, 0.4) is 0 Å². The number of sulfonamides is 1. The molecule has 0 amide bonds. The molecule has 0 aromatic heterocycles. The molecule has 6 heteroatoms. The summed E-state index contributed by atoms with van der Waals surface area (Å²) in [5, 5.41) is 3.25. The molecule has 1 aromatic rings. The van der Waals surface area contributed by atoms with Crippen molar-refractivity contribution in [2.24, 2.45) is 0 Å². The van der Waals surface area contributed by atoms with E-state index >= 15 is 0 Å². The van der Waals surface area contributed by atoms with Crippen molar-refractivity contribution in [1.82, 2.24) is 9.62 Å². The molecule has 0 saturated heterocycles. The van der Waals surface area contributed by atoms with Gasteiger partial charge in [-0.15, -0.1) is 0 Å². The van der Waals surface area contributed by atoms with E-state index in [-0.39, 0.29) is 18.1 Å². The summed E-state index contributed by atoms with van der Waals surface area (Å²) in [4.78, 5) is 0. The molecular weight excluding hydrogens is 291 g/mol. The maximum absolute atomic E-state index is 12.8. The number of rotatable bonds is 10. The van der Waals surface area contributed by atoms with Crippen LogP contribution in [0.5, 0.6) is 0 Å². The lowest BCUT2D eigenvalue weighted by atomic mass is 10.2. The highest BCUT2D eigenvalue weighted by Crippen LogP contribution is 2.10. The van der Waals surface area contributed by atoms with Crippen molar-refractivity contribution in [2.45, 2.75) is 32.7 Å². The summed E-state index contributed by atoms with van der Waals surface area (Å²) in [5.74, 6) is -0.165. The second kappa shape index (κ2) is 9.12. The number of hydrogen-bond donors (Lipinski definition) is 1. The van der Waals surface area contributed by atoms with Gasteiger partial charge < -0.3 is 5.32 Å². The number of nitrogens with one attached hydrogen (secondary N) is 1. The Morgan fingerprint density at radius 1 is 1.14 bits per heavy atom. The van der Waals surface area contributed by atoms with Gasteiger partial charge in [0.25, 0.3) is 0 Å². The predicted molar refractivity (Wildman–Crippen MR) is 84.0 cm³/mol. The SMILES string of the molecule is CCCNCCCCS(=O)(=O)N(C)Cc1ccc(F)cc1. The lowest BCUT2D eigenvalue weighted by Crippen LogP contribution is -2.29. The van der Waals surface area contributed by atoms with Crippen LogP contribution in [-0.4, -0.2) is 38.6 Å². The summed E-state index contributed by atoms with van der Waals surface area (Å²) in [6.45, 7) is 4.20. The van der Waals surface area contributed by atoms with Gasteiger partial charge in [0.1, 0.15) is 5.82 Å². The molecule has 4 nitrogen and oxygen atoms in total. The van der Waals surface area contributed by atoms with Crippen molar-refractivity contribution >= 4 is 10.0 Å². The molecule has 0 unspecified atom stereocenters. The van der Waals surface area contributed by atoms with Gasteiger partial charge in [-0.1, -0.05) is 19.1 Å². The number of nitrogens with zero attached hydrogens (tertiary/aromatic N) is 1. The van der Waals surface area contributed by atoms with Crippen LogP contribution in [0.25, 0.3) is 0 Å². The van der Waals surface area contributed by atoms with Crippen LogP contribution >= 0.6 is 0 Å². The highest BCUT2D eigenvalue weighted by molar-refractivity contribution is 7.89. The molecule has 0 aliphatic carbocycles. The molecule has 0 bridgehead atoms. The van der Waals surface area contributed by atoms with Crippen LogP contribution in [0.1, 0.15) is 31.7 Å². The van der Waals surface area contributed by atoms with Crippen molar-refractivity contribution < 1.29 is 12.8 Å². The molecule has 0 radical (unpaired) electrons. The minimum absolute atomic E-state index is 0.151. The molecule has 120 valence electrons. The van der Waals surface area contributed by atoms with E-state index < -0.39 is 10.0 Å². The summed E-state index contributed by atoms with van der Waals surface area (Å²) in [7, 11) is -1.69. The minimum atomic E-state index is -3.25. The van der Waals surface area contributed by atoms with Crippen molar-refractivity contribution in [3.05, 3.63) is 35.6 Å². The molecular formula is C15H25FN2O2S. The Labute approximate surface area is 127 Å². The first kappa shape index (κ1) is 18.1. The largest absolute Gasteiger partial charge is 0.317 e. The van der Waals surface area contributed by atoms with Crippen molar-refractivity contribution in [3.63, 3.8) is 0 Å². The summed E-state index contributed by atoms with van der Waals surface area (Å²) in [6.07, 6.45) is 2.58. The van der Waals surface area contributed by atoms with Crippen molar-refractivity contribution in [3.8, 4) is 0 Å². The van der Waals surface area contributed by atoms with Gasteiger partial charge in [0.2, 0.25) is 10.0 Å². The Morgan fingerprint density at radius 3 is 2.43 bits per heavy atom. The first-order chi connectivity index (χ1) is 9.95. The third-order valence-corrected chi connectivity index (χ3v) is 5.11. The molecule has 0 spiro atoms. The van der Waals surface area contributed by atoms with Crippen LogP contribution in [0, 0.1) is 5.82 Å². The quantitative estimate of drug-likeness (QED) is 0.674. The fourth-order valence-electron chi connectivity index (χ4n) is 1.94. The fourth-order valence-corrected chi connectivity index (χ4v) is 3.16. The molecule has 0 fully saturated rings. The molecule has 1 aromatic carbocycles. The van der Waals surface area contributed by atoms with Gasteiger partial charge in [0.05, 0.1) is 5.75 Å². The maximum atomic E-state index is 12.8. The van der Waals surface area contributed by atoms with E-state index in [4.69, 9.17) is 0 Å². The van der Waals surface area contributed by atoms with Gasteiger partial charge in [0.15, 0.2) is 0 Å². The number of unbranched alkanes of at least 4 members (excludes halogenated alkanes) is 1. The van der Waals surface area contributed by atoms with Crippen molar-refractivity contribution in [2.75, 3.05) is 25.9 Å². The average Bonchev–Trinajstić information content (AvgIpc) is 2.45. The minimum Gasteiger partial charge on any atom is -0.317 e. The average molecular weight is 316 g/mol. The molecule has 0 aliphatic rings. The lowest BCUT2D eigenvalue weighted by Gasteiger charge is -2.17. The maximum Gasteiger partial charge on any atom is 0.214 e. The molecule has 0 heterocycles. The summed E-state index contributed by atoms with van der Waals surface area (Å²) >= 11 is 0. The zero-order chi connectivity index (χ0) is 15.7. The summed E-state index contributed by atoms with van der Waals surface area (Å²) < 4.78 is 38.4. The molecule has 21 heavy (non-hydrogen) atoms. The third-order valence-electron chi connectivity index (χ3n) is 3.23. The topological polar surface area (TPSA) is 49.4 Å². The van der Waals surface area contributed by atoms with E-state index in [1.165, 1.54) is 16.4 Å². The second-order valence-electron chi connectivity index (χ2n) is 5.16. The Bertz CT molecular complexity index is 503. The lowest BCUT2D eigenvalue weighted by molar-refractivity contribution is 0.463. The van der Waals surface area contributed by atoms with Gasteiger partial charge in [0, 0.05) is 13.6 Å². The Hall–Kier alpha value is -0.980. The van der Waals surface area contributed by atoms with E-state index in [1.807, 2.05) is 0 Å². The van der Waals surface area contributed by atoms with Crippen LogP contribution in [0.15, 0.2) is 24.3 Å². The van der Waals surface area contributed by atoms with Crippen LogP contribution < -0.4 is 5.32 Å². The first-order valence-corrected chi connectivity index (χ1v) is 8.96. The standard InChI is InChI=1S/C15H25FN2O2S/c1-3-10-17-11-4-5-12-21(19,20)18(2)13-14-6-8-15(16)9-7-14/h6-9,17H,3-5,10-13H2,1-2H3. The Balaban J connectivity index is 2.37. The molecule has 1 rings (SSSR count). The van der Waals surface area contributed by atoms with Gasteiger partial charge in [-0.25, -0.2) is 17.1 Å². The van der Waals surface area contributed by atoms with E-state index in [1.54, 1.807) is 19.2 Å². The van der Waals surface area contributed by atoms with Gasteiger partial charge >= 0.3 is 0 Å². The van der Waals surface area contributed by atoms with Crippen LogP contribution in [-0.2, 0) is 16.6 Å². The smallest absolute Gasteiger partial charge is 0.214 e.